The first kappa shape index (κ1) is 6.59. The number of rotatable bonds is 1. The van der Waals surface area contributed by atoms with Crippen LogP contribution >= 0.6 is 0 Å². The zero-order valence-corrected chi connectivity index (χ0v) is 5.23. The zero-order chi connectivity index (χ0) is 7.40. The van der Waals surface area contributed by atoms with Gasteiger partial charge in [0.25, 0.3) is 0 Å². The number of hydrogen-bond acceptors (Lipinski definition) is 3. The number of para-hydroxylation sites is 1. The van der Waals surface area contributed by atoms with Crippen LogP contribution in [0.15, 0.2) is 30.3 Å². The van der Waals surface area contributed by atoms with Crippen molar-refractivity contribution < 1.29 is 5.21 Å². The highest BCUT2D eigenvalue weighted by atomic mass is 16.5. The normalized spacial score (nSPS) is 8.40. The summed E-state index contributed by atoms with van der Waals surface area (Å²) < 4.78 is 0. The Balaban J connectivity index is 2.88. The first-order valence-electron chi connectivity index (χ1n) is 2.78. The molecule has 0 bridgehead atoms. The van der Waals surface area contributed by atoms with E-state index in [-0.39, 0.29) is 0 Å². The lowest BCUT2D eigenvalue weighted by atomic mass is 10.3. The van der Waals surface area contributed by atoms with Crippen LogP contribution in [-0.2, 0) is 0 Å². The summed E-state index contributed by atoms with van der Waals surface area (Å²) in [4.78, 5) is 0. The van der Waals surface area contributed by atoms with Gasteiger partial charge in [0, 0.05) is 0 Å². The van der Waals surface area contributed by atoms with Crippen LogP contribution in [0, 0.1) is 11.5 Å². The predicted octanol–water partition coefficient (Wildman–Crippen LogP) is 1.36. The van der Waals surface area contributed by atoms with Gasteiger partial charge in [0.1, 0.15) is 0 Å². The van der Waals surface area contributed by atoms with E-state index in [1.807, 2.05) is 6.07 Å². The molecule has 0 spiro atoms. The second kappa shape index (κ2) is 2.85. The van der Waals surface area contributed by atoms with Gasteiger partial charge in [0.2, 0.25) is 6.19 Å². The molecule has 0 aliphatic heterocycles. The van der Waals surface area contributed by atoms with Crippen LogP contribution < -0.4 is 5.06 Å². The van der Waals surface area contributed by atoms with Crippen LogP contribution in [-0.4, -0.2) is 5.21 Å². The largest absolute Gasteiger partial charge is 0.274 e. The topological polar surface area (TPSA) is 47.3 Å². The fourth-order valence-electron chi connectivity index (χ4n) is 0.627. The van der Waals surface area contributed by atoms with Crippen molar-refractivity contribution in [2.75, 3.05) is 5.06 Å². The molecule has 1 rings (SSSR count). The Labute approximate surface area is 58.7 Å². The number of anilines is 1. The second-order valence-corrected chi connectivity index (χ2v) is 1.75. The molecule has 1 aromatic rings. The maximum atomic E-state index is 8.80. The summed E-state index contributed by atoms with van der Waals surface area (Å²) in [5.41, 5.74) is 0.477. The molecule has 0 fully saturated rings. The third kappa shape index (κ3) is 1.24. The van der Waals surface area contributed by atoms with Crippen LogP contribution in [0.3, 0.4) is 0 Å². The summed E-state index contributed by atoms with van der Waals surface area (Å²) in [6, 6.07) is 8.59. The van der Waals surface area contributed by atoms with Crippen LogP contribution in [0.2, 0.25) is 0 Å². The van der Waals surface area contributed by atoms with E-state index >= 15 is 0 Å². The smallest absolute Gasteiger partial charge is 0.210 e. The van der Waals surface area contributed by atoms with E-state index in [1.165, 1.54) is 0 Å². The maximum absolute atomic E-state index is 8.80. The van der Waals surface area contributed by atoms with Crippen molar-refractivity contribution in [3.8, 4) is 6.19 Å². The van der Waals surface area contributed by atoms with E-state index < -0.39 is 0 Å². The predicted molar refractivity (Wildman–Crippen MR) is 36.3 cm³/mol. The van der Waals surface area contributed by atoms with Gasteiger partial charge in [0.05, 0.1) is 5.69 Å². The third-order valence-electron chi connectivity index (χ3n) is 1.10. The highest BCUT2D eigenvalue weighted by Gasteiger charge is 1.95. The lowest BCUT2D eigenvalue weighted by Gasteiger charge is -2.03. The first-order valence-corrected chi connectivity index (χ1v) is 2.78. The SMILES string of the molecule is N#CN(O)c1ccccc1. The zero-order valence-electron chi connectivity index (χ0n) is 5.23. The molecule has 50 valence electrons. The molecule has 0 unspecified atom stereocenters. The van der Waals surface area contributed by atoms with Gasteiger partial charge in [-0.05, 0) is 12.1 Å². The average Bonchev–Trinajstić information content (AvgIpc) is 2.05. The molecule has 0 amide bonds. The summed E-state index contributed by atoms with van der Waals surface area (Å²) in [5, 5.41) is 17.5. The van der Waals surface area contributed by atoms with Crippen molar-refractivity contribution in [1.82, 2.24) is 0 Å². The molecular weight excluding hydrogens is 128 g/mol. The van der Waals surface area contributed by atoms with Crippen molar-refractivity contribution in [3.63, 3.8) is 0 Å². The highest BCUT2D eigenvalue weighted by Crippen LogP contribution is 2.08. The lowest BCUT2D eigenvalue weighted by Crippen LogP contribution is -2.08. The lowest BCUT2D eigenvalue weighted by molar-refractivity contribution is 0.302. The van der Waals surface area contributed by atoms with Crippen LogP contribution in [0.5, 0.6) is 0 Å². The Morgan fingerprint density at radius 2 is 1.90 bits per heavy atom. The second-order valence-electron chi connectivity index (χ2n) is 1.75. The summed E-state index contributed by atoms with van der Waals surface area (Å²) in [7, 11) is 0. The Hall–Kier alpha value is -1.53. The Morgan fingerprint density at radius 1 is 1.30 bits per heavy atom. The van der Waals surface area contributed by atoms with Crippen molar-refractivity contribution in [2.45, 2.75) is 0 Å². The molecule has 0 radical (unpaired) electrons. The summed E-state index contributed by atoms with van der Waals surface area (Å²) in [6.07, 6.45) is 1.57. The minimum Gasteiger partial charge on any atom is -0.274 e. The van der Waals surface area contributed by atoms with E-state index in [0.717, 1.165) is 0 Å². The molecule has 3 nitrogen and oxygen atoms in total. The molecule has 0 atom stereocenters. The van der Waals surface area contributed by atoms with Gasteiger partial charge in [-0.25, -0.2) is 0 Å². The number of hydroxylamine groups is 1. The van der Waals surface area contributed by atoms with Gasteiger partial charge in [-0.15, -0.1) is 0 Å². The molecule has 0 aromatic heterocycles. The van der Waals surface area contributed by atoms with Crippen LogP contribution in [0.1, 0.15) is 0 Å². The molecule has 0 aliphatic rings. The molecule has 1 aromatic carbocycles. The molecular formula is C7H6N2O. The van der Waals surface area contributed by atoms with Gasteiger partial charge in [-0.3, -0.25) is 5.21 Å². The molecule has 10 heavy (non-hydrogen) atoms. The molecule has 0 saturated carbocycles. The van der Waals surface area contributed by atoms with Crippen LogP contribution in [0.4, 0.5) is 5.69 Å². The molecule has 3 heteroatoms. The van der Waals surface area contributed by atoms with E-state index in [1.54, 1.807) is 30.5 Å². The van der Waals surface area contributed by atoms with E-state index in [4.69, 9.17) is 10.5 Å². The minimum atomic E-state index is 0.477. The Kier molecular flexibility index (Phi) is 1.88. The average molecular weight is 134 g/mol. The van der Waals surface area contributed by atoms with Crippen molar-refractivity contribution in [1.29, 1.82) is 5.26 Å². The van der Waals surface area contributed by atoms with Crippen molar-refractivity contribution in [2.24, 2.45) is 0 Å². The molecule has 0 aliphatic carbocycles. The minimum absolute atomic E-state index is 0.477. The van der Waals surface area contributed by atoms with E-state index in [9.17, 15) is 0 Å². The van der Waals surface area contributed by atoms with Crippen molar-refractivity contribution in [3.05, 3.63) is 30.3 Å². The molecule has 0 heterocycles. The number of nitrogens with zero attached hydrogens (tertiary/aromatic N) is 2. The van der Waals surface area contributed by atoms with Gasteiger partial charge in [-0.1, -0.05) is 18.2 Å². The summed E-state index contributed by atoms with van der Waals surface area (Å²) in [6.45, 7) is 0. The summed E-state index contributed by atoms with van der Waals surface area (Å²) in [5.74, 6) is 0. The quantitative estimate of drug-likeness (QED) is 0.358. The highest BCUT2D eigenvalue weighted by molar-refractivity contribution is 5.46. The van der Waals surface area contributed by atoms with Gasteiger partial charge < -0.3 is 0 Å². The van der Waals surface area contributed by atoms with E-state index in [2.05, 4.69) is 0 Å². The third-order valence-corrected chi connectivity index (χ3v) is 1.10. The van der Waals surface area contributed by atoms with Gasteiger partial charge in [0.15, 0.2) is 0 Å². The van der Waals surface area contributed by atoms with Crippen molar-refractivity contribution >= 4 is 5.69 Å². The fraction of sp³-hybridized carbons (Fsp3) is 0. The number of hydrogen-bond donors (Lipinski definition) is 1. The van der Waals surface area contributed by atoms with Gasteiger partial charge >= 0.3 is 0 Å². The Bertz CT molecular complexity index is 240. The van der Waals surface area contributed by atoms with E-state index in [0.29, 0.717) is 10.8 Å². The maximum Gasteiger partial charge on any atom is 0.210 e. The first-order chi connectivity index (χ1) is 4.84. The fourth-order valence-corrected chi connectivity index (χ4v) is 0.627. The number of nitriles is 1. The standard InChI is InChI=1S/C7H6N2O/c8-6-9(10)7-4-2-1-3-5-7/h1-5,10H. The molecule has 0 saturated heterocycles. The molecule has 1 N–H and O–H groups in total. The monoisotopic (exact) mass is 134 g/mol. The Morgan fingerprint density at radius 3 is 2.40 bits per heavy atom. The number of benzene rings is 1. The summed E-state index contributed by atoms with van der Waals surface area (Å²) >= 11 is 0. The van der Waals surface area contributed by atoms with Gasteiger partial charge in [-0.2, -0.15) is 10.3 Å². The van der Waals surface area contributed by atoms with Crippen LogP contribution in [0.25, 0.3) is 0 Å².